The third kappa shape index (κ3) is 6.48. The van der Waals surface area contributed by atoms with Crippen LogP contribution in [-0.2, 0) is 30.1 Å². The van der Waals surface area contributed by atoms with Gasteiger partial charge in [0.2, 0.25) is 0 Å². The second-order valence-electron chi connectivity index (χ2n) is 10.2. The summed E-state index contributed by atoms with van der Waals surface area (Å²) in [5.74, 6) is 0.448. The van der Waals surface area contributed by atoms with Crippen LogP contribution in [0.15, 0.2) is 42.5 Å². The van der Waals surface area contributed by atoms with Gasteiger partial charge in [0.05, 0.1) is 18.3 Å². The third-order valence-corrected chi connectivity index (χ3v) is 7.71. The van der Waals surface area contributed by atoms with E-state index >= 15 is 0 Å². The summed E-state index contributed by atoms with van der Waals surface area (Å²) >= 11 is 0. The maximum atomic E-state index is 10.1. The summed E-state index contributed by atoms with van der Waals surface area (Å²) in [6.07, 6.45) is 13.4. The predicted molar refractivity (Wildman–Crippen MR) is 128 cm³/mol. The van der Waals surface area contributed by atoms with Gasteiger partial charge in [-0.15, -0.1) is 0 Å². The van der Waals surface area contributed by atoms with Crippen LogP contribution in [0.3, 0.4) is 0 Å². The van der Waals surface area contributed by atoms with Crippen molar-refractivity contribution in [3.8, 4) is 0 Å². The molecule has 0 bridgehead atoms. The highest BCUT2D eigenvalue weighted by atomic mass is 16.7. The van der Waals surface area contributed by atoms with Crippen LogP contribution < -0.4 is 0 Å². The fourth-order valence-corrected chi connectivity index (χ4v) is 5.90. The van der Waals surface area contributed by atoms with E-state index in [0.29, 0.717) is 6.42 Å². The van der Waals surface area contributed by atoms with Gasteiger partial charge in [0.25, 0.3) is 0 Å². The van der Waals surface area contributed by atoms with E-state index in [1.54, 1.807) is 0 Å². The van der Waals surface area contributed by atoms with E-state index in [9.17, 15) is 5.11 Å². The van der Waals surface area contributed by atoms with Crippen molar-refractivity contribution in [1.82, 2.24) is 0 Å². The lowest BCUT2D eigenvalue weighted by atomic mass is 9.90. The van der Waals surface area contributed by atoms with Crippen LogP contribution in [0, 0.1) is 11.8 Å². The SMILES string of the molecule is OC1C[C@@H]2[C@@H](/C=C/C(CCc3ccccc3)OC3CCCCO3)[C@H](OC3CCCCO3)C[C@@H]2O1. The summed E-state index contributed by atoms with van der Waals surface area (Å²) in [4.78, 5) is 0. The van der Waals surface area contributed by atoms with Crippen molar-refractivity contribution in [2.45, 2.75) is 101 Å². The molecule has 6 nitrogen and oxygen atoms in total. The van der Waals surface area contributed by atoms with Gasteiger partial charge in [-0.1, -0.05) is 42.5 Å². The van der Waals surface area contributed by atoms with Crippen molar-refractivity contribution in [3.63, 3.8) is 0 Å². The Balaban J connectivity index is 1.27. The van der Waals surface area contributed by atoms with Gasteiger partial charge >= 0.3 is 0 Å². The molecule has 4 aliphatic rings. The number of benzene rings is 1. The van der Waals surface area contributed by atoms with Crippen LogP contribution in [0.4, 0.5) is 0 Å². The van der Waals surface area contributed by atoms with E-state index in [0.717, 1.165) is 71.0 Å². The minimum absolute atomic E-state index is 0.0267. The zero-order valence-electron chi connectivity index (χ0n) is 20.1. The zero-order chi connectivity index (χ0) is 23.2. The number of rotatable bonds is 9. The number of ether oxygens (including phenoxy) is 5. The van der Waals surface area contributed by atoms with Crippen LogP contribution in [0.5, 0.6) is 0 Å². The highest BCUT2D eigenvalue weighted by molar-refractivity contribution is 5.15. The first kappa shape index (κ1) is 24.4. The normalized spacial score (nSPS) is 37.1. The first-order valence-corrected chi connectivity index (χ1v) is 13.3. The molecule has 1 saturated carbocycles. The summed E-state index contributed by atoms with van der Waals surface area (Å²) in [6, 6.07) is 10.6. The third-order valence-electron chi connectivity index (χ3n) is 7.71. The number of aliphatic hydroxyl groups is 1. The van der Waals surface area contributed by atoms with E-state index < -0.39 is 6.29 Å². The molecule has 1 aromatic carbocycles. The molecular weight excluding hydrogens is 432 g/mol. The standard InChI is InChI=1S/C28H40O6/c29-26-18-23-22(24(19-25(23)33-26)34-28-11-5-7-17-31-28)15-14-21(32-27-10-4-6-16-30-27)13-12-20-8-2-1-3-9-20/h1-3,8-9,14-15,21-29H,4-7,10-13,16-19H2/b15-14+/t21?,22-,23-,24-,25+,26?,27?,28?/m1/s1. The van der Waals surface area contributed by atoms with Gasteiger partial charge in [0.15, 0.2) is 18.9 Å². The number of aryl methyl sites for hydroxylation is 1. The van der Waals surface area contributed by atoms with E-state index in [4.69, 9.17) is 23.7 Å². The minimum Gasteiger partial charge on any atom is -0.368 e. The van der Waals surface area contributed by atoms with Crippen LogP contribution in [0.2, 0.25) is 0 Å². The Bertz CT molecular complexity index is 757. The lowest BCUT2D eigenvalue weighted by Crippen LogP contribution is -2.31. The fraction of sp³-hybridized carbons (Fsp3) is 0.714. The molecule has 0 radical (unpaired) electrons. The average Bonchev–Trinajstić information content (AvgIpc) is 3.38. The topological polar surface area (TPSA) is 66.4 Å². The highest BCUT2D eigenvalue weighted by Gasteiger charge is 2.49. The number of hydrogen-bond acceptors (Lipinski definition) is 6. The van der Waals surface area contributed by atoms with E-state index in [1.807, 2.05) is 0 Å². The van der Waals surface area contributed by atoms with Crippen molar-refractivity contribution >= 4 is 0 Å². The first-order chi connectivity index (χ1) is 16.7. The maximum Gasteiger partial charge on any atom is 0.158 e. The van der Waals surface area contributed by atoms with Crippen LogP contribution in [0.1, 0.15) is 63.4 Å². The molecule has 1 N–H and O–H groups in total. The molecule has 0 aromatic heterocycles. The monoisotopic (exact) mass is 472 g/mol. The quantitative estimate of drug-likeness (QED) is 0.524. The van der Waals surface area contributed by atoms with Gasteiger partial charge in [-0.3, -0.25) is 0 Å². The van der Waals surface area contributed by atoms with Crippen molar-refractivity contribution in [2.24, 2.45) is 11.8 Å². The second-order valence-corrected chi connectivity index (χ2v) is 10.2. The van der Waals surface area contributed by atoms with Gasteiger partial charge in [-0.2, -0.15) is 0 Å². The van der Waals surface area contributed by atoms with Crippen LogP contribution >= 0.6 is 0 Å². The Kier molecular flexibility index (Phi) is 8.70. The van der Waals surface area contributed by atoms with E-state index in [1.165, 1.54) is 5.56 Å². The Morgan fingerprint density at radius 2 is 1.74 bits per heavy atom. The van der Waals surface area contributed by atoms with Crippen molar-refractivity contribution in [3.05, 3.63) is 48.0 Å². The van der Waals surface area contributed by atoms with Crippen LogP contribution in [-0.4, -0.2) is 55.5 Å². The lowest BCUT2D eigenvalue weighted by Gasteiger charge is -2.30. The number of fused-ring (bicyclic) bond motifs is 1. The Labute approximate surface area is 203 Å². The Morgan fingerprint density at radius 3 is 2.47 bits per heavy atom. The number of aliphatic hydroxyl groups excluding tert-OH is 1. The molecule has 0 amide bonds. The van der Waals surface area contributed by atoms with Gasteiger partial charge in [0.1, 0.15) is 0 Å². The molecule has 34 heavy (non-hydrogen) atoms. The summed E-state index contributed by atoms with van der Waals surface area (Å²) in [7, 11) is 0. The predicted octanol–water partition coefficient (Wildman–Crippen LogP) is 4.74. The maximum absolute atomic E-state index is 10.1. The molecule has 5 rings (SSSR count). The summed E-state index contributed by atoms with van der Waals surface area (Å²) in [5, 5.41) is 10.1. The molecule has 3 saturated heterocycles. The van der Waals surface area contributed by atoms with Crippen molar-refractivity contribution < 1.29 is 28.8 Å². The molecule has 188 valence electrons. The van der Waals surface area contributed by atoms with Crippen LogP contribution in [0.25, 0.3) is 0 Å². The highest BCUT2D eigenvalue weighted by Crippen LogP contribution is 2.45. The molecule has 1 aromatic rings. The molecule has 4 unspecified atom stereocenters. The molecule has 6 heteroatoms. The molecular formula is C28H40O6. The molecule has 4 fully saturated rings. The van der Waals surface area contributed by atoms with Gasteiger partial charge in [0, 0.05) is 32.0 Å². The molecule has 3 heterocycles. The summed E-state index contributed by atoms with van der Waals surface area (Å²) < 4.78 is 30.5. The Morgan fingerprint density at radius 1 is 0.971 bits per heavy atom. The first-order valence-electron chi connectivity index (χ1n) is 13.3. The molecule has 1 aliphatic carbocycles. The van der Waals surface area contributed by atoms with Gasteiger partial charge < -0.3 is 28.8 Å². The van der Waals surface area contributed by atoms with E-state index in [2.05, 4.69) is 42.5 Å². The average molecular weight is 473 g/mol. The summed E-state index contributed by atoms with van der Waals surface area (Å²) in [6.45, 7) is 1.55. The van der Waals surface area contributed by atoms with Gasteiger partial charge in [-0.05, 0) is 62.8 Å². The number of hydrogen-bond donors (Lipinski definition) is 1. The van der Waals surface area contributed by atoms with Crippen molar-refractivity contribution in [1.29, 1.82) is 0 Å². The molecule has 3 aliphatic heterocycles. The smallest absolute Gasteiger partial charge is 0.158 e. The molecule has 0 spiro atoms. The zero-order valence-corrected chi connectivity index (χ0v) is 20.1. The largest absolute Gasteiger partial charge is 0.368 e. The van der Waals surface area contributed by atoms with E-state index in [-0.39, 0.29) is 42.7 Å². The lowest BCUT2D eigenvalue weighted by molar-refractivity contribution is -0.196. The summed E-state index contributed by atoms with van der Waals surface area (Å²) in [5.41, 5.74) is 1.32. The fourth-order valence-electron chi connectivity index (χ4n) is 5.90. The Hall–Kier alpha value is -1.28. The second kappa shape index (κ2) is 12.1. The minimum atomic E-state index is -0.668. The van der Waals surface area contributed by atoms with Crippen molar-refractivity contribution in [2.75, 3.05) is 13.2 Å². The van der Waals surface area contributed by atoms with Gasteiger partial charge in [-0.25, -0.2) is 0 Å². The molecule has 8 atom stereocenters.